The lowest BCUT2D eigenvalue weighted by Crippen LogP contribution is -2.42. The molecule has 2 aromatic rings. The smallest absolute Gasteiger partial charge is 0.257 e. The molecule has 1 N–H and O–H groups in total. The number of nitrogens with one attached hydrogen (secondary N) is 1. The SMILES string of the molecule is CCn1cc(C(=O)N2CCO[C@@H](c3cc(NC)cc(C)n3)C2)cn1. The highest BCUT2D eigenvalue weighted by Gasteiger charge is 2.28. The van der Waals surface area contributed by atoms with Crippen molar-refractivity contribution < 1.29 is 9.53 Å². The van der Waals surface area contributed by atoms with Crippen molar-refractivity contribution in [2.75, 3.05) is 32.1 Å². The minimum atomic E-state index is -0.212. The molecule has 0 spiro atoms. The van der Waals surface area contributed by atoms with E-state index in [-0.39, 0.29) is 12.0 Å². The van der Waals surface area contributed by atoms with E-state index in [2.05, 4.69) is 15.4 Å². The van der Waals surface area contributed by atoms with Crippen LogP contribution in [0.4, 0.5) is 5.69 Å². The van der Waals surface area contributed by atoms with Crippen LogP contribution >= 0.6 is 0 Å². The molecule has 1 atom stereocenters. The fourth-order valence-electron chi connectivity index (χ4n) is 2.85. The van der Waals surface area contributed by atoms with Crippen LogP contribution in [-0.2, 0) is 11.3 Å². The largest absolute Gasteiger partial charge is 0.388 e. The van der Waals surface area contributed by atoms with Crippen LogP contribution in [0, 0.1) is 6.92 Å². The summed E-state index contributed by atoms with van der Waals surface area (Å²) in [7, 11) is 1.88. The highest BCUT2D eigenvalue weighted by atomic mass is 16.5. The van der Waals surface area contributed by atoms with E-state index in [0.717, 1.165) is 23.6 Å². The van der Waals surface area contributed by atoms with E-state index in [0.29, 0.717) is 25.3 Å². The molecule has 128 valence electrons. The van der Waals surface area contributed by atoms with Gasteiger partial charge in [0.05, 0.1) is 30.6 Å². The number of rotatable bonds is 4. The van der Waals surface area contributed by atoms with Crippen LogP contribution in [0.25, 0.3) is 0 Å². The molecule has 2 aromatic heterocycles. The molecule has 7 nitrogen and oxygen atoms in total. The van der Waals surface area contributed by atoms with Gasteiger partial charge in [-0.15, -0.1) is 0 Å². The lowest BCUT2D eigenvalue weighted by molar-refractivity contribution is -0.0247. The molecule has 3 rings (SSSR count). The van der Waals surface area contributed by atoms with Gasteiger partial charge in [0, 0.05) is 37.7 Å². The first-order chi connectivity index (χ1) is 11.6. The number of anilines is 1. The highest BCUT2D eigenvalue weighted by molar-refractivity contribution is 5.93. The molecule has 1 aliphatic rings. The number of hydrogen-bond donors (Lipinski definition) is 1. The van der Waals surface area contributed by atoms with Gasteiger partial charge < -0.3 is 15.0 Å². The number of morpholine rings is 1. The maximum atomic E-state index is 12.7. The van der Waals surface area contributed by atoms with Crippen LogP contribution in [0.2, 0.25) is 0 Å². The van der Waals surface area contributed by atoms with Crippen molar-refractivity contribution in [2.45, 2.75) is 26.5 Å². The predicted octanol–water partition coefficient (Wildman–Crippen LogP) is 1.86. The standard InChI is InChI=1S/C17H23N5O2/c1-4-22-10-13(9-19-22)17(23)21-5-6-24-16(11-21)15-8-14(18-3)7-12(2)20-15/h7-10,16H,4-6,11H2,1-3H3,(H,18,20)/t16-/m1/s1. The number of aromatic nitrogens is 3. The summed E-state index contributed by atoms with van der Waals surface area (Å²) >= 11 is 0. The Bertz CT molecular complexity index is 728. The Morgan fingerprint density at radius 1 is 1.46 bits per heavy atom. The Kier molecular flexibility index (Phi) is 4.80. The minimum Gasteiger partial charge on any atom is -0.388 e. The zero-order valence-corrected chi connectivity index (χ0v) is 14.3. The average molecular weight is 329 g/mol. The highest BCUT2D eigenvalue weighted by Crippen LogP contribution is 2.24. The van der Waals surface area contributed by atoms with Gasteiger partial charge in [-0.3, -0.25) is 14.5 Å². The third-order valence-electron chi connectivity index (χ3n) is 4.15. The van der Waals surface area contributed by atoms with Crippen molar-refractivity contribution in [3.63, 3.8) is 0 Å². The molecule has 7 heteroatoms. The van der Waals surface area contributed by atoms with E-state index in [1.54, 1.807) is 17.1 Å². The van der Waals surface area contributed by atoms with Crippen molar-refractivity contribution in [3.8, 4) is 0 Å². The topological polar surface area (TPSA) is 72.3 Å². The summed E-state index contributed by atoms with van der Waals surface area (Å²) < 4.78 is 7.61. The predicted molar refractivity (Wildman–Crippen MR) is 91.0 cm³/mol. The zero-order chi connectivity index (χ0) is 17.1. The maximum Gasteiger partial charge on any atom is 0.257 e. The molecule has 1 saturated heterocycles. The molecular weight excluding hydrogens is 306 g/mol. The zero-order valence-electron chi connectivity index (χ0n) is 14.3. The summed E-state index contributed by atoms with van der Waals surface area (Å²) in [6.45, 7) is 6.28. The monoisotopic (exact) mass is 329 g/mol. The van der Waals surface area contributed by atoms with Crippen LogP contribution < -0.4 is 5.32 Å². The van der Waals surface area contributed by atoms with E-state index in [1.165, 1.54) is 0 Å². The number of amides is 1. The molecule has 0 unspecified atom stereocenters. The van der Waals surface area contributed by atoms with E-state index >= 15 is 0 Å². The van der Waals surface area contributed by atoms with Crippen LogP contribution in [0.3, 0.4) is 0 Å². The number of carbonyl (C=O) groups is 1. The summed E-state index contributed by atoms with van der Waals surface area (Å²) in [6, 6.07) is 3.95. The second-order valence-electron chi connectivity index (χ2n) is 5.87. The van der Waals surface area contributed by atoms with Gasteiger partial charge in [-0.05, 0) is 26.0 Å². The lowest BCUT2D eigenvalue weighted by Gasteiger charge is -2.32. The first-order valence-corrected chi connectivity index (χ1v) is 8.20. The van der Waals surface area contributed by atoms with Gasteiger partial charge in [-0.25, -0.2) is 0 Å². The van der Waals surface area contributed by atoms with Gasteiger partial charge in [0.2, 0.25) is 0 Å². The van der Waals surface area contributed by atoms with E-state index in [4.69, 9.17) is 4.74 Å². The minimum absolute atomic E-state index is 0.00973. The van der Waals surface area contributed by atoms with Gasteiger partial charge in [0.1, 0.15) is 6.10 Å². The van der Waals surface area contributed by atoms with E-state index in [9.17, 15) is 4.79 Å². The molecule has 1 amide bonds. The van der Waals surface area contributed by atoms with Crippen molar-refractivity contribution in [1.29, 1.82) is 0 Å². The molecule has 0 radical (unpaired) electrons. The van der Waals surface area contributed by atoms with Gasteiger partial charge in [0.25, 0.3) is 5.91 Å². The fourth-order valence-corrected chi connectivity index (χ4v) is 2.85. The van der Waals surface area contributed by atoms with Gasteiger partial charge in [-0.1, -0.05) is 0 Å². The normalized spacial score (nSPS) is 17.8. The lowest BCUT2D eigenvalue weighted by atomic mass is 10.1. The van der Waals surface area contributed by atoms with E-state index in [1.807, 2.05) is 37.9 Å². The average Bonchev–Trinajstić information content (AvgIpc) is 3.09. The summed E-state index contributed by atoms with van der Waals surface area (Å²) in [4.78, 5) is 19.1. The van der Waals surface area contributed by atoms with E-state index < -0.39 is 0 Å². The molecule has 1 aliphatic heterocycles. The molecule has 0 aliphatic carbocycles. The number of pyridine rings is 1. The van der Waals surface area contributed by atoms with Crippen LogP contribution in [0.5, 0.6) is 0 Å². The summed E-state index contributed by atoms with van der Waals surface area (Å²) in [5.41, 5.74) is 3.38. The van der Waals surface area contributed by atoms with Crippen molar-refractivity contribution >= 4 is 11.6 Å². The molecule has 0 bridgehead atoms. The van der Waals surface area contributed by atoms with Crippen LogP contribution in [0.1, 0.15) is 34.8 Å². The second-order valence-corrected chi connectivity index (χ2v) is 5.87. The van der Waals surface area contributed by atoms with Gasteiger partial charge in [0.15, 0.2) is 0 Å². The quantitative estimate of drug-likeness (QED) is 0.927. The molecule has 3 heterocycles. The Labute approximate surface area is 141 Å². The van der Waals surface area contributed by atoms with Crippen molar-refractivity contribution in [1.82, 2.24) is 19.7 Å². The van der Waals surface area contributed by atoms with Gasteiger partial charge in [-0.2, -0.15) is 5.10 Å². The first kappa shape index (κ1) is 16.4. The van der Waals surface area contributed by atoms with Crippen LogP contribution in [0.15, 0.2) is 24.5 Å². The molecule has 24 heavy (non-hydrogen) atoms. The first-order valence-electron chi connectivity index (χ1n) is 8.20. The van der Waals surface area contributed by atoms with Crippen molar-refractivity contribution in [3.05, 3.63) is 41.5 Å². The number of aryl methyl sites for hydroxylation is 2. The third kappa shape index (κ3) is 3.41. The molecule has 0 saturated carbocycles. The Hall–Kier alpha value is -2.41. The third-order valence-corrected chi connectivity index (χ3v) is 4.15. The summed E-state index contributed by atoms with van der Waals surface area (Å²) in [6.07, 6.45) is 3.20. The van der Waals surface area contributed by atoms with Crippen molar-refractivity contribution in [2.24, 2.45) is 0 Å². The summed E-state index contributed by atoms with van der Waals surface area (Å²) in [5, 5.41) is 7.31. The second kappa shape index (κ2) is 7.00. The molecule has 1 fully saturated rings. The number of hydrogen-bond acceptors (Lipinski definition) is 5. The Morgan fingerprint density at radius 3 is 3.00 bits per heavy atom. The van der Waals surface area contributed by atoms with Gasteiger partial charge >= 0.3 is 0 Å². The maximum absolute atomic E-state index is 12.7. The molecular formula is C17H23N5O2. The number of carbonyl (C=O) groups excluding carboxylic acids is 1. The molecule has 0 aromatic carbocycles. The Morgan fingerprint density at radius 2 is 2.29 bits per heavy atom. The van der Waals surface area contributed by atoms with Crippen LogP contribution in [-0.4, -0.2) is 52.3 Å². The Balaban J connectivity index is 1.76. The number of ether oxygens (including phenoxy) is 1. The summed E-state index contributed by atoms with van der Waals surface area (Å²) in [5.74, 6) is -0.00973. The fraction of sp³-hybridized carbons (Fsp3) is 0.471. The number of nitrogens with zero attached hydrogens (tertiary/aromatic N) is 4.